The lowest BCUT2D eigenvalue weighted by Crippen LogP contribution is -2.30. The normalized spacial score (nSPS) is 14.2. The summed E-state index contributed by atoms with van der Waals surface area (Å²) in [5.41, 5.74) is 1.53. The highest BCUT2D eigenvalue weighted by atomic mass is 19.4. The van der Waals surface area contributed by atoms with E-state index in [2.05, 4.69) is 10.3 Å². The molecule has 6 nitrogen and oxygen atoms in total. The van der Waals surface area contributed by atoms with Crippen LogP contribution < -0.4 is 11.0 Å². The van der Waals surface area contributed by atoms with Gasteiger partial charge in [0.25, 0.3) is 11.6 Å². The van der Waals surface area contributed by atoms with Crippen molar-refractivity contribution in [2.75, 3.05) is 0 Å². The molecule has 1 amide bonds. The Hall–Kier alpha value is -4.21. The van der Waals surface area contributed by atoms with Crippen LogP contribution in [0, 0.1) is 24.1 Å². The summed E-state index contributed by atoms with van der Waals surface area (Å²) in [5, 5.41) is 11.2. The molecule has 2 N–H and O–H groups in total. The summed E-state index contributed by atoms with van der Waals surface area (Å²) in [6.45, 7) is 3.68. The summed E-state index contributed by atoms with van der Waals surface area (Å²) >= 11 is 0. The molecular weight excluding hydrogens is 524 g/mol. The van der Waals surface area contributed by atoms with E-state index in [9.17, 15) is 22.4 Å². The van der Waals surface area contributed by atoms with Crippen LogP contribution >= 0.6 is 0 Å². The predicted molar refractivity (Wildman–Crippen MR) is 140 cm³/mol. The van der Waals surface area contributed by atoms with Crippen molar-refractivity contribution < 1.29 is 26.8 Å². The van der Waals surface area contributed by atoms with Gasteiger partial charge < -0.3 is 9.73 Å². The lowest BCUT2D eigenvalue weighted by Gasteiger charge is -2.20. The highest BCUT2D eigenvalue weighted by molar-refractivity contribution is 5.96. The van der Waals surface area contributed by atoms with E-state index in [1.54, 1.807) is 35.8 Å². The molecule has 0 unspecified atom stereocenters. The first kappa shape index (κ1) is 27.4. The Balaban J connectivity index is 1.57. The molecule has 0 saturated heterocycles. The van der Waals surface area contributed by atoms with Gasteiger partial charge in [0.05, 0.1) is 18.3 Å². The van der Waals surface area contributed by atoms with Crippen LogP contribution in [-0.2, 0) is 19.1 Å². The van der Waals surface area contributed by atoms with Gasteiger partial charge in [-0.25, -0.2) is 4.39 Å². The number of hydrogen-bond acceptors (Lipinski definition) is 4. The van der Waals surface area contributed by atoms with Gasteiger partial charge in [0.15, 0.2) is 5.69 Å². The largest absolute Gasteiger partial charge is 0.433 e. The van der Waals surface area contributed by atoms with Crippen molar-refractivity contribution in [1.29, 1.82) is 5.41 Å². The summed E-state index contributed by atoms with van der Waals surface area (Å²) in [6.07, 6.45) is 0.233. The van der Waals surface area contributed by atoms with Crippen LogP contribution in [0.1, 0.15) is 64.2 Å². The number of benzene rings is 2. The number of aromatic nitrogens is 2. The predicted octanol–water partition coefficient (Wildman–Crippen LogP) is 6.58. The van der Waals surface area contributed by atoms with Crippen molar-refractivity contribution in [2.45, 2.75) is 51.9 Å². The van der Waals surface area contributed by atoms with Crippen molar-refractivity contribution in [3.63, 3.8) is 0 Å². The molecule has 2 heterocycles. The Morgan fingerprint density at radius 1 is 1.20 bits per heavy atom. The lowest BCUT2D eigenvalue weighted by molar-refractivity contribution is -0.140. The van der Waals surface area contributed by atoms with Gasteiger partial charge in [-0.2, -0.15) is 13.2 Å². The van der Waals surface area contributed by atoms with E-state index in [-0.39, 0.29) is 46.7 Å². The third kappa shape index (κ3) is 5.71. The van der Waals surface area contributed by atoms with Crippen molar-refractivity contribution in [3.8, 4) is 11.1 Å². The highest BCUT2D eigenvalue weighted by Crippen LogP contribution is 2.42. The molecule has 1 aliphatic carbocycles. The Bertz CT molecular complexity index is 1620. The Kier molecular flexibility index (Phi) is 7.35. The fourth-order valence-corrected chi connectivity index (χ4v) is 4.93. The molecule has 40 heavy (non-hydrogen) atoms. The zero-order valence-electron chi connectivity index (χ0n) is 22.0. The summed E-state index contributed by atoms with van der Waals surface area (Å²) in [6, 6.07) is 11.7. The first-order valence-electron chi connectivity index (χ1n) is 13.0. The number of halogens is 4. The molecule has 4 aromatic rings. The molecule has 0 spiro atoms. The van der Waals surface area contributed by atoms with E-state index >= 15 is 0 Å². The van der Waals surface area contributed by atoms with Gasteiger partial charge in [-0.15, -0.1) is 0 Å². The Morgan fingerprint density at radius 2 is 1.98 bits per heavy atom. The van der Waals surface area contributed by atoms with Gasteiger partial charge in [0.2, 0.25) is 0 Å². The van der Waals surface area contributed by atoms with Crippen LogP contribution in [0.4, 0.5) is 17.6 Å². The minimum absolute atomic E-state index is 0.105. The quantitative estimate of drug-likeness (QED) is 0.242. The van der Waals surface area contributed by atoms with Gasteiger partial charge in [-0.1, -0.05) is 25.1 Å². The SMILES string of the molecule is CCc1coc(=N)n1Cc1cc(C(=O)N[C@H](c2ccc(F)c(C)c2)C2CC2)cc(-c2cccnc2C(F)(F)F)c1. The highest BCUT2D eigenvalue weighted by Gasteiger charge is 2.36. The lowest BCUT2D eigenvalue weighted by atomic mass is 9.96. The van der Waals surface area contributed by atoms with Gasteiger partial charge in [0.1, 0.15) is 12.1 Å². The van der Waals surface area contributed by atoms with Crippen LogP contribution in [0.2, 0.25) is 0 Å². The fourth-order valence-electron chi connectivity index (χ4n) is 4.93. The molecule has 0 radical (unpaired) electrons. The first-order valence-corrected chi connectivity index (χ1v) is 13.0. The molecule has 0 aliphatic heterocycles. The number of hydrogen-bond donors (Lipinski definition) is 2. The van der Waals surface area contributed by atoms with E-state index in [1.807, 2.05) is 6.92 Å². The molecule has 1 aliphatic rings. The number of oxazole rings is 1. The number of amides is 1. The second-order valence-electron chi connectivity index (χ2n) is 10.1. The van der Waals surface area contributed by atoms with Gasteiger partial charge >= 0.3 is 6.18 Å². The average molecular weight is 553 g/mol. The van der Waals surface area contributed by atoms with E-state index in [0.29, 0.717) is 17.5 Å². The molecule has 1 saturated carbocycles. The van der Waals surface area contributed by atoms with E-state index < -0.39 is 17.8 Å². The number of alkyl halides is 3. The van der Waals surface area contributed by atoms with Crippen LogP contribution in [0.3, 0.4) is 0 Å². The molecule has 208 valence electrons. The van der Waals surface area contributed by atoms with Crippen molar-refractivity contribution in [2.24, 2.45) is 5.92 Å². The smallest absolute Gasteiger partial charge is 0.432 e. The van der Waals surface area contributed by atoms with Gasteiger partial charge in [-0.05, 0) is 84.7 Å². The minimum Gasteiger partial charge on any atom is -0.432 e. The van der Waals surface area contributed by atoms with Crippen LogP contribution in [0.25, 0.3) is 11.1 Å². The molecule has 5 rings (SSSR count). The molecule has 10 heteroatoms. The monoisotopic (exact) mass is 552 g/mol. The van der Waals surface area contributed by atoms with Crippen LogP contribution in [-0.4, -0.2) is 15.5 Å². The van der Waals surface area contributed by atoms with Crippen molar-refractivity contribution >= 4 is 5.91 Å². The van der Waals surface area contributed by atoms with E-state index in [4.69, 9.17) is 9.83 Å². The third-order valence-electron chi connectivity index (χ3n) is 7.16. The zero-order valence-corrected chi connectivity index (χ0v) is 22.0. The third-order valence-corrected chi connectivity index (χ3v) is 7.16. The number of rotatable bonds is 8. The van der Waals surface area contributed by atoms with Crippen molar-refractivity contribution in [3.05, 3.63) is 106 Å². The number of nitrogens with zero attached hydrogens (tertiary/aromatic N) is 2. The molecule has 1 fully saturated rings. The number of nitrogens with one attached hydrogen (secondary N) is 2. The standard InChI is InChI=1S/C30H28F4N4O2/c1-3-23-16-40-29(35)38(23)15-18-12-21(24-5-4-10-36-27(24)30(32,33)34)14-22(13-18)28(39)37-26(19-6-7-19)20-8-9-25(31)17(2)11-20/h4-5,8-14,16,19,26,35H,3,6-7,15H2,1-2H3,(H,37,39)/t26-/m0/s1. The Labute approximate surface area is 228 Å². The van der Waals surface area contributed by atoms with E-state index in [0.717, 1.165) is 30.3 Å². The van der Waals surface area contributed by atoms with Gasteiger partial charge in [0, 0.05) is 17.3 Å². The molecule has 2 aromatic carbocycles. The van der Waals surface area contributed by atoms with E-state index in [1.165, 1.54) is 30.5 Å². The zero-order chi connectivity index (χ0) is 28.6. The van der Waals surface area contributed by atoms with Crippen molar-refractivity contribution in [1.82, 2.24) is 14.9 Å². The second kappa shape index (κ2) is 10.7. The average Bonchev–Trinajstić information content (AvgIpc) is 3.71. The summed E-state index contributed by atoms with van der Waals surface area (Å²) in [7, 11) is 0. The number of pyridine rings is 1. The second-order valence-corrected chi connectivity index (χ2v) is 10.1. The number of carbonyl (C=O) groups is 1. The Morgan fingerprint density at radius 3 is 2.65 bits per heavy atom. The summed E-state index contributed by atoms with van der Waals surface area (Å²) in [5.74, 6) is -0.611. The van der Waals surface area contributed by atoms with Crippen LogP contribution in [0.5, 0.6) is 0 Å². The maximum Gasteiger partial charge on any atom is 0.433 e. The summed E-state index contributed by atoms with van der Waals surface area (Å²) in [4.78, 5) is 17.2. The first-order chi connectivity index (χ1) is 19.0. The fraction of sp³-hybridized carbons (Fsp3) is 0.300. The van der Waals surface area contributed by atoms with Gasteiger partial charge in [-0.3, -0.25) is 19.8 Å². The number of carbonyl (C=O) groups excluding carboxylic acids is 1. The molecule has 2 aromatic heterocycles. The maximum atomic E-state index is 13.9. The topological polar surface area (TPSA) is 83.9 Å². The van der Waals surface area contributed by atoms with Crippen LogP contribution in [0.15, 0.2) is 65.4 Å². The maximum absolute atomic E-state index is 13.9. The molecular formula is C30H28F4N4O2. The number of aryl methyl sites for hydroxylation is 2. The molecule has 0 bridgehead atoms. The summed E-state index contributed by atoms with van der Waals surface area (Å²) < 4.78 is 62.3. The molecule has 1 atom stereocenters. The minimum atomic E-state index is -4.70.